The minimum atomic E-state index is 0.649. The van der Waals surface area contributed by atoms with E-state index in [0.717, 1.165) is 31.9 Å². The third-order valence-electron chi connectivity index (χ3n) is 3.43. The van der Waals surface area contributed by atoms with Crippen LogP contribution in [0.3, 0.4) is 0 Å². The van der Waals surface area contributed by atoms with Crippen molar-refractivity contribution in [1.82, 2.24) is 4.90 Å². The summed E-state index contributed by atoms with van der Waals surface area (Å²) in [5, 5.41) is 0. The fourth-order valence-corrected chi connectivity index (χ4v) is 2.58. The van der Waals surface area contributed by atoms with Crippen LogP contribution >= 0.6 is 11.6 Å². The van der Waals surface area contributed by atoms with Crippen molar-refractivity contribution in [2.24, 2.45) is 0 Å². The zero-order valence-electron chi connectivity index (χ0n) is 12.1. The first-order valence-electron chi connectivity index (χ1n) is 7.29. The first kappa shape index (κ1) is 16.3. The van der Waals surface area contributed by atoms with Gasteiger partial charge in [-0.2, -0.15) is 0 Å². The van der Waals surface area contributed by atoms with Gasteiger partial charge in [0.25, 0.3) is 0 Å². The number of hydrogen-bond acceptors (Lipinski definition) is 2. The van der Waals surface area contributed by atoms with E-state index in [1.54, 1.807) is 0 Å². The second-order valence-corrected chi connectivity index (χ2v) is 5.09. The number of halogens is 1. The van der Waals surface area contributed by atoms with E-state index in [9.17, 15) is 0 Å². The highest BCUT2D eigenvalue weighted by Crippen LogP contribution is 2.11. The van der Waals surface area contributed by atoms with Crippen molar-refractivity contribution in [3.63, 3.8) is 0 Å². The van der Waals surface area contributed by atoms with Crippen LogP contribution in [-0.2, 0) is 0 Å². The van der Waals surface area contributed by atoms with E-state index < -0.39 is 0 Å². The molecule has 0 radical (unpaired) electrons. The van der Waals surface area contributed by atoms with Crippen LogP contribution in [0.25, 0.3) is 0 Å². The predicted octanol–water partition coefficient (Wildman–Crippen LogP) is 4.18. The SMILES string of the molecule is CCC(CC)N(CCCl)CCCOc1ccccc1. The summed E-state index contributed by atoms with van der Waals surface area (Å²) in [7, 11) is 0. The lowest BCUT2D eigenvalue weighted by atomic mass is 10.1. The highest BCUT2D eigenvalue weighted by Gasteiger charge is 2.13. The van der Waals surface area contributed by atoms with Crippen molar-refractivity contribution in [3.8, 4) is 5.75 Å². The Bertz CT molecular complexity index is 314. The quantitative estimate of drug-likeness (QED) is 0.472. The smallest absolute Gasteiger partial charge is 0.119 e. The summed E-state index contributed by atoms with van der Waals surface area (Å²) in [5.74, 6) is 1.66. The number of ether oxygens (including phenoxy) is 1. The molecule has 0 spiro atoms. The molecule has 0 amide bonds. The zero-order valence-corrected chi connectivity index (χ0v) is 12.9. The van der Waals surface area contributed by atoms with E-state index in [-0.39, 0.29) is 0 Å². The Morgan fingerprint density at radius 3 is 2.37 bits per heavy atom. The molecule has 1 rings (SSSR count). The lowest BCUT2D eigenvalue weighted by Crippen LogP contribution is -2.37. The van der Waals surface area contributed by atoms with Gasteiger partial charge in [-0.15, -0.1) is 11.6 Å². The monoisotopic (exact) mass is 283 g/mol. The topological polar surface area (TPSA) is 12.5 Å². The standard InChI is InChI=1S/C16H26ClNO/c1-3-15(4-2)18(13-11-17)12-8-14-19-16-9-6-5-7-10-16/h5-7,9-10,15H,3-4,8,11-14H2,1-2H3. The van der Waals surface area contributed by atoms with E-state index >= 15 is 0 Å². The second-order valence-electron chi connectivity index (χ2n) is 4.71. The van der Waals surface area contributed by atoms with Gasteiger partial charge in [0.2, 0.25) is 0 Å². The predicted molar refractivity (Wildman–Crippen MR) is 83.2 cm³/mol. The molecule has 0 bridgehead atoms. The largest absolute Gasteiger partial charge is 0.494 e. The van der Waals surface area contributed by atoms with Crippen molar-refractivity contribution in [1.29, 1.82) is 0 Å². The van der Waals surface area contributed by atoms with Crippen LogP contribution in [0.5, 0.6) is 5.75 Å². The number of nitrogens with zero attached hydrogens (tertiary/aromatic N) is 1. The fourth-order valence-electron chi connectivity index (χ4n) is 2.36. The van der Waals surface area contributed by atoms with Crippen molar-refractivity contribution in [3.05, 3.63) is 30.3 Å². The fraction of sp³-hybridized carbons (Fsp3) is 0.625. The van der Waals surface area contributed by atoms with Crippen molar-refractivity contribution in [2.75, 3.05) is 25.6 Å². The molecule has 0 heterocycles. The van der Waals surface area contributed by atoms with Crippen LogP contribution in [0.1, 0.15) is 33.1 Å². The third kappa shape index (κ3) is 6.31. The molecule has 0 N–H and O–H groups in total. The van der Waals surface area contributed by atoms with E-state index in [0.29, 0.717) is 11.9 Å². The molecule has 19 heavy (non-hydrogen) atoms. The van der Waals surface area contributed by atoms with E-state index in [4.69, 9.17) is 16.3 Å². The molecule has 0 aliphatic heterocycles. The summed E-state index contributed by atoms with van der Waals surface area (Å²) >= 11 is 5.89. The molecule has 1 aromatic rings. The van der Waals surface area contributed by atoms with Gasteiger partial charge < -0.3 is 4.74 Å². The average molecular weight is 284 g/mol. The van der Waals surface area contributed by atoms with Crippen LogP contribution in [0.4, 0.5) is 0 Å². The molecular weight excluding hydrogens is 258 g/mol. The molecule has 1 aromatic carbocycles. The highest BCUT2D eigenvalue weighted by atomic mass is 35.5. The van der Waals surface area contributed by atoms with Gasteiger partial charge in [-0.05, 0) is 31.4 Å². The third-order valence-corrected chi connectivity index (χ3v) is 3.60. The number of alkyl halides is 1. The Morgan fingerprint density at radius 2 is 1.79 bits per heavy atom. The normalized spacial score (nSPS) is 11.2. The molecule has 0 saturated carbocycles. The molecule has 0 saturated heterocycles. The minimum Gasteiger partial charge on any atom is -0.494 e. The molecule has 2 nitrogen and oxygen atoms in total. The molecule has 0 aromatic heterocycles. The summed E-state index contributed by atoms with van der Waals surface area (Å²) in [6.07, 6.45) is 3.42. The maximum absolute atomic E-state index is 5.89. The second kappa shape index (κ2) is 10.1. The van der Waals surface area contributed by atoms with Gasteiger partial charge in [0.15, 0.2) is 0 Å². The highest BCUT2D eigenvalue weighted by molar-refractivity contribution is 6.18. The maximum Gasteiger partial charge on any atom is 0.119 e. The lowest BCUT2D eigenvalue weighted by molar-refractivity contribution is 0.179. The van der Waals surface area contributed by atoms with Gasteiger partial charge in [0.05, 0.1) is 6.61 Å². The summed E-state index contributed by atoms with van der Waals surface area (Å²) in [5.41, 5.74) is 0. The van der Waals surface area contributed by atoms with Gasteiger partial charge in [-0.1, -0.05) is 32.0 Å². The summed E-state index contributed by atoms with van der Waals surface area (Å²) in [4.78, 5) is 2.49. The first-order chi connectivity index (χ1) is 9.31. The Hall–Kier alpha value is -0.730. The van der Waals surface area contributed by atoms with E-state index in [1.165, 1.54) is 12.8 Å². The van der Waals surface area contributed by atoms with Gasteiger partial charge >= 0.3 is 0 Å². The molecule has 0 atom stereocenters. The number of para-hydroxylation sites is 1. The maximum atomic E-state index is 5.89. The van der Waals surface area contributed by atoms with Crippen molar-refractivity contribution < 1.29 is 4.74 Å². The molecule has 0 unspecified atom stereocenters. The van der Waals surface area contributed by atoms with Crippen LogP contribution in [-0.4, -0.2) is 36.5 Å². The van der Waals surface area contributed by atoms with Crippen LogP contribution in [0, 0.1) is 0 Å². The molecule has 108 valence electrons. The van der Waals surface area contributed by atoms with Crippen molar-refractivity contribution >= 4 is 11.6 Å². The molecule has 3 heteroatoms. The van der Waals surface area contributed by atoms with Gasteiger partial charge in [-0.25, -0.2) is 0 Å². The van der Waals surface area contributed by atoms with E-state index in [1.807, 2.05) is 30.3 Å². The van der Waals surface area contributed by atoms with Crippen molar-refractivity contribution in [2.45, 2.75) is 39.2 Å². The minimum absolute atomic E-state index is 0.649. The Morgan fingerprint density at radius 1 is 1.11 bits per heavy atom. The average Bonchev–Trinajstić information content (AvgIpc) is 2.46. The first-order valence-corrected chi connectivity index (χ1v) is 7.83. The van der Waals surface area contributed by atoms with Gasteiger partial charge in [0.1, 0.15) is 5.75 Å². The van der Waals surface area contributed by atoms with Crippen LogP contribution in [0.2, 0.25) is 0 Å². The summed E-state index contributed by atoms with van der Waals surface area (Å²) in [6, 6.07) is 10.6. The number of hydrogen-bond donors (Lipinski definition) is 0. The Kier molecular flexibility index (Phi) is 8.68. The number of rotatable bonds is 10. The van der Waals surface area contributed by atoms with Gasteiger partial charge in [-0.3, -0.25) is 4.90 Å². The Balaban J connectivity index is 2.28. The van der Waals surface area contributed by atoms with Crippen LogP contribution in [0.15, 0.2) is 30.3 Å². The summed E-state index contributed by atoms with van der Waals surface area (Å²) < 4.78 is 5.72. The Labute approximate surface area is 122 Å². The summed E-state index contributed by atoms with van der Waals surface area (Å²) in [6.45, 7) is 7.29. The van der Waals surface area contributed by atoms with Gasteiger partial charge in [0, 0.05) is 25.0 Å². The van der Waals surface area contributed by atoms with E-state index in [2.05, 4.69) is 18.7 Å². The zero-order chi connectivity index (χ0) is 13.9. The molecule has 0 fully saturated rings. The van der Waals surface area contributed by atoms with Crippen LogP contribution < -0.4 is 4.74 Å². The molecule has 0 aliphatic rings. The number of benzene rings is 1. The molecule has 0 aliphatic carbocycles. The lowest BCUT2D eigenvalue weighted by Gasteiger charge is -2.29. The molecular formula is C16H26ClNO.